The van der Waals surface area contributed by atoms with Crippen LogP contribution in [-0.4, -0.2) is 63.7 Å². The van der Waals surface area contributed by atoms with Crippen molar-refractivity contribution in [2.24, 2.45) is 0 Å². The number of rotatable bonds is 4. The molecule has 0 saturated carbocycles. The zero-order valence-electron chi connectivity index (χ0n) is 11.7. The lowest BCUT2D eigenvalue weighted by Crippen LogP contribution is -2.20. The third-order valence-corrected chi connectivity index (χ3v) is 6.46. The van der Waals surface area contributed by atoms with Crippen molar-refractivity contribution in [2.75, 3.05) is 18.6 Å². The number of aromatic nitrogens is 4. The van der Waals surface area contributed by atoms with Crippen LogP contribution >= 0.6 is 11.8 Å². The lowest BCUT2D eigenvalue weighted by atomic mass is 10.3. The molecular weight excluding hydrogens is 328 g/mol. The molecule has 1 aliphatic heterocycles. The number of benzene rings is 1. The van der Waals surface area contributed by atoms with Crippen LogP contribution in [-0.2, 0) is 9.84 Å². The first-order valence-corrected chi connectivity index (χ1v) is 9.16. The Hall–Kier alpha value is -1.65. The largest absolute Gasteiger partial charge is 0.497 e. The number of thioether (sulfide) groups is 1. The normalized spacial score (nSPS) is 23.5. The van der Waals surface area contributed by atoms with Crippen molar-refractivity contribution in [2.45, 2.75) is 16.5 Å². The van der Waals surface area contributed by atoms with E-state index in [-0.39, 0.29) is 11.5 Å². The van der Waals surface area contributed by atoms with E-state index in [4.69, 9.17) is 4.74 Å². The van der Waals surface area contributed by atoms with Crippen LogP contribution in [0.25, 0.3) is 5.69 Å². The highest BCUT2D eigenvalue weighted by atomic mass is 32.2. The van der Waals surface area contributed by atoms with Gasteiger partial charge in [-0.2, -0.15) is 4.68 Å². The van der Waals surface area contributed by atoms with Crippen LogP contribution in [0.15, 0.2) is 29.4 Å². The van der Waals surface area contributed by atoms with Crippen LogP contribution in [0.5, 0.6) is 5.75 Å². The van der Waals surface area contributed by atoms with Gasteiger partial charge in [0.25, 0.3) is 0 Å². The molecule has 0 bridgehead atoms. The summed E-state index contributed by atoms with van der Waals surface area (Å²) in [6, 6.07) is 7.14. The molecule has 22 heavy (non-hydrogen) atoms. The Morgan fingerprint density at radius 3 is 2.64 bits per heavy atom. The van der Waals surface area contributed by atoms with Gasteiger partial charge in [0.2, 0.25) is 5.16 Å². The van der Waals surface area contributed by atoms with Crippen LogP contribution in [0.1, 0.15) is 0 Å². The second kappa shape index (κ2) is 5.86. The summed E-state index contributed by atoms with van der Waals surface area (Å²) in [5.41, 5.74) is 0.726. The molecule has 0 amide bonds. The SMILES string of the molecule is COc1ccc(-n2nnnc2S[C@H]2CS(=O)(=O)C[C@H]2O)cc1. The summed E-state index contributed by atoms with van der Waals surface area (Å²) in [5, 5.41) is 21.3. The van der Waals surface area contributed by atoms with E-state index in [9.17, 15) is 13.5 Å². The second-order valence-corrected chi connectivity index (χ2v) is 8.23. The quantitative estimate of drug-likeness (QED) is 0.822. The van der Waals surface area contributed by atoms with Crippen LogP contribution in [0, 0.1) is 0 Å². The number of aliphatic hydroxyl groups is 1. The molecule has 8 nitrogen and oxygen atoms in total. The molecule has 0 unspecified atom stereocenters. The maximum atomic E-state index is 11.6. The van der Waals surface area contributed by atoms with Crippen molar-refractivity contribution < 1.29 is 18.3 Å². The minimum absolute atomic E-state index is 0.0751. The molecule has 3 rings (SSSR count). The van der Waals surface area contributed by atoms with Gasteiger partial charge in [-0.05, 0) is 34.7 Å². The average molecular weight is 342 g/mol. The fourth-order valence-corrected chi connectivity index (χ4v) is 5.66. The Kier molecular flexibility index (Phi) is 4.06. The Labute approximate surface area is 131 Å². The lowest BCUT2D eigenvalue weighted by Gasteiger charge is -2.11. The minimum atomic E-state index is -3.20. The van der Waals surface area contributed by atoms with E-state index >= 15 is 0 Å². The van der Waals surface area contributed by atoms with Crippen LogP contribution in [0.3, 0.4) is 0 Å². The third-order valence-electron chi connectivity index (χ3n) is 3.29. The molecule has 1 N–H and O–H groups in total. The fourth-order valence-electron chi connectivity index (χ4n) is 2.18. The van der Waals surface area contributed by atoms with Crippen molar-refractivity contribution >= 4 is 21.6 Å². The van der Waals surface area contributed by atoms with Gasteiger partial charge in [-0.25, -0.2) is 8.42 Å². The zero-order valence-corrected chi connectivity index (χ0v) is 13.3. The Balaban J connectivity index is 1.83. The molecule has 0 radical (unpaired) electrons. The highest BCUT2D eigenvalue weighted by Crippen LogP contribution is 2.30. The van der Waals surface area contributed by atoms with Crippen molar-refractivity contribution in [3.8, 4) is 11.4 Å². The van der Waals surface area contributed by atoms with Gasteiger partial charge in [0.05, 0.1) is 35.7 Å². The van der Waals surface area contributed by atoms with Crippen LogP contribution < -0.4 is 4.74 Å². The number of sulfone groups is 1. The van der Waals surface area contributed by atoms with E-state index in [1.165, 1.54) is 16.4 Å². The van der Waals surface area contributed by atoms with E-state index in [0.717, 1.165) is 5.69 Å². The van der Waals surface area contributed by atoms with E-state index < -0.39 is 21.2 Å². The lowest BCUT2D eigenvalue weighted by molar-refractivity contribution is 0.207. The number of methoxy groups -OCH3 is 1. The molecule has 0 spiro atoms. The molecule has 2 heterocycles. The smallest absolute Gasteiger partial charge is 0.214 e. The Morgan fingerprint density at radius 2 is 2.05 bits per heavy atom. The van der Waals surface area contributed by atoms with Crippen molar-refractivity contribution in [3.05, 3.63) is 24.3 Å². The first-order valence-electron chi connectivity index (χ1n) is 6.46. The van der Waals surface area contributed by atoms with E-state index in [2.05, 4.69) is 15.5 Å². The Bertz CT molecular complexity index is 760. The number of aliphatic hydroxyl groups excluding tert-OH is 1. The predicted molar refractivity (Wildman–Crippen MR) is 80.0 cm³/mol. The number of hydrogen-bond donors (Lipinski definition) is 1. The molecule has 10 heteroatoms. The van der Waals surface area contributed by atoms with Gasteiger partial charge >= 0.3 is 0 Å². The summed E-state index contributed by atoms with van der Waals surface area (Å²) in [5.74, 6) is 0.423. The summed E-state index contributed by atoms with van der Waals surface area (Å²) in [4.78, 5) is 0. The molecule has 1 aromatic heterocycles. The standard InChI is InChI=1S/C12H14N4O4S2/c1-20-9-4-2-8(3-5-9)16-12(13-14-15-16)21-11-7-22(18,19)6-10(11)17/h2-5,10-11,17H,6-7H2,1H3/t10-,11+/m1/s1. The monoisotopic (exact) mass is 342 g/mol. The summed E-state index contributed by atoms with van der Waals surface area (Å²) in [7, 11) is -1.62. The van der Waals surface area contributed by atoms with Crippen LogP contribution in [0.2, 0.25) is 0 Å². The minimum Gasteiger partial charge on any atom is -0.497 e. The first-order chi connectivity index (χ1) is 10.5. The van der Waals surface area contributed by atoms with Crippen molar-refractivity contribution in [3.63, 3.8) is 0 Å². The van der Waals surface area contributed by atoms with Gasteiger partial charge in [-0.15, -0.1) is 5.10 Å². The molecule has 1 saturated heterocycles. The topological polar surface area (TPSA) is 107 Å². The highest BCUT2D eigenvalue weighted by Gasteiger charge is 2.38. The van der Waals surface area contributed by atoms with Gasteiger partial charge in [0.15, 0.2) is 9.84 Å². The molecule has 2 atom stereocenters. The molecule has 1 fully saturated rings. The Morgan fingerprint density at radius 1 is 1.32 bits per heavy atom. The summed E-state index contributed by atoms with van der Waals surface area (Å²) >= 11 is 1.17. The van der Waals surface area contributed by atoms with Crippen LogP contribution in [0.4, 0.5) is 0 Å². The van der Waals surface area contributed by atoms with Gasteiger partial charge in [0, 0.05) is 0 Å². The number of ether oxygens (including phenoxy) is 1. The van der Waals surface area contributed by atoms with Gasteiger partial charge in [-0.1, -0.05) is 11.8 Å². The number of nitrogens with zero attached hydrogens (tertiary/aromatic N) is 4. The van der Waals surface area contributed by atoms with E-state index in [1.54, 1.807) is 31.4 Å². The van der Waals surface area contributed by atoms with Crippen molar-refractivity contribution in [1.82, 2.24) is 20.2 Å². The van der Waals surface area contributed by atoms with Gasteiger partial charge < -0.3 is 9.84 Å². The number of hydrogen-bond acceptors (Lipinski definition) is 8. The second-order valence-electron chi connectivity index (χ2n) is 4.87. The van der Waals surface area contributed by atoms with Gasteiger partial charge in [0.1, 0.15) is 5.75 Å². The molecule has 2 aromatic rings. The highest BCUT2D eigenvalue weighted by molar-refractivity contribution is 8.01. The molecular formula is C12H14N4O4S2. The first kappa shape index (κ1) is 15.3. The average Bonchev–Trinajstić information content (AvgIpc) is 3.03. The summed E-state index contributed by atoms with van der Waals surface area (Å²) < 4.78 is 29.7. The third kappa shape index (κ3) is 3.08. The molecule has 1 aromatic carbocycles. The van der Waals surface area contributed by atoms with Crippen molar-refractivity contribution in [1.29, 1.82) is 0 Å². The maximum Gasteiger partial charge on any atom is 0.214 e. The number of tetrazole rings is 1. The van der Waals surface area contributed by atoms with E-state index in [0.29, 0.717) is 10.9 Å². The molecule has 0 aliphatic carbocycles. The summed E-state index contributed by atoms with van der Waals surface area (Å²) in [6.45, 7) is 0. The van der Waals surface area contributed by atoms with E-state index in [1.807, 2.05) is 0 Å². The maximum absolute atomic E-state index is 11.6. The molecule has 1 aliphatic rings. The summed E-state index contributed by atoms with van der Waals surface area (Å²) in [6.07, 6.45) is -0.906. The fraction of sp³-hybridized carbons (Fsp3) is 0.417. The zero-order chi connectivity index (χ0) is 15.7. The predicted octanol–water partition coefficient (Wildman–Crippen LogP) is -0.0791. The molecule has 118 valence electrons. The van der Waals surface area contributed by atoms with Gasteiger partial charge in [-0.3, -0.25) is 0 Å².